The first-order valence-corrected chi connectivity index (χ1v) is 7.58. The van der Waals surface area contributed by atoms with E-state index in [0.29, 0.717) is 17.3 Å². The molecule has 1 saturated carbocycles. The number of rotatable bonds is 5. The van der Waals surface area contributed by atoms with Crippen LogP contribution in [0, 0.1) is 11.8 Å². The first-order chi connectivity index (χ1) is 8.36. The average Bonchev–Trinajstić information content (AvgIpc) is 3.07. The maximum Gasteiger partial charge on any atom is 0.238 e. The molecule has 1 aromatic carbocycles. The van der Waals surface area contributed by atoms with Gasteiger partial charge in [0.05, 0.1) is 4.90 Å². The van der Waals surface area contributed by atoms with Gasteiger partial charge in [-0.1, -0.05) is 6.92 Å². The van der Waals surface area contributed by atoms with Crippen molar-refractivity contribution in [3.05, 3.63) is 18.2 Å². The van der Waals surface area contributed by atoms with Crippen molar-refractivity contribution in [2.24, 2.45) is 17.0 Å². The molecule has 0 bridgehead atoms. The maximum atomic E-state index is 11.3. The number of benzene rings is 1. The molecule has 5 N–H and O–H groups in total. The third kappa shape index (κ3) is 3.36. The van der Waals surface area contributed by atoms with Crippen molar-refractivity contribution in [2.75, 3.05) is 17.6 Å². The van der Waals surface area contributed by atoms with Gasteiger partial charge in [-0.15, -0.1) is 0 Å². The van der Waals surface area contributed by atoms with E-state index in [9.17, 15) is 8.42 Å². The Hall–Kier alpha value is -1.27. The van der Waals surface area contributed by atoms with Crippen LogP contribution in [0.5, 0.6) is 0 Å². The van der Waals surface area contributed by atoms with Crippen LogP contribution in [-0.2, 0) is 10.0 Å². The number of anilines is 2. The van der Waals surface area contributed by atoms with Crippen LogP contribution in [0.2, 0.25) is 0 Å². The van der Waals surface area contributed by atoms with E-state index in [1.165, 1.54) is 25.0 Å². The van der Waals surface area contributed by atoms with E-state index in [1.807, 2.05) is 0 Å². The van der Waals surface area contributed by atoms with E-state index in [1.54, 1.807) is 6.07 Å². The lowest BCUT2D eigenvalue weighted by atomic mass is 10.1. The van der Waals surface area contributed by atoms with Crippen molar-refractivity contribution < 1.29 is 8.42 Å². The summed E-state index contributed by atoms with van der Waals surface area (Å²) >= 11 is 0. The Morgan fingerprint density at radius 3 is 2.61 bits per heavy atom. The highest BCUT2D eigenvalue weighted by Gasteiger charge is 2.27. The number of hydrogen-bond acceptors (Lipinski definition) is 4. The van der Waals surface area contributed by atoms with Gasteiger partial charge in [-0.2, -0.15) is 0 Å². The first-order valence-electron chi connectivity index (χ1n) is 6.03. The highest BCUT2D eigenvalue weighted by Crippen LogP contribution is 2.36. The van der Waals surface area contributed by atoms with Gasteiger partial charge in [0.15, 0.2) is 0 Å². The Morgan fingerprint density at radius 1 is 1.39 bits per heavy atom. The topological polar surface area (TPSA) is 98.2 Å². The average molecular weight is 269 g/mol. The summed E-state index contributed by atoms with van der Waals surface area (Å²) in [7, 11) is -3.71. The standard InChI is InChI=1S/C12H19N3O2S/c1-8(9-2-3-9)7-15-11-4-10(13)5-12(6-11)18(14,16)17/h4-6,8-9,15H,2-3,7,13H2,1H3,(H2,14,16,17). The summed E-state index contributed by atoms with van der Waals surface area (Å²) in [6.45, 7) is 3.01. The summed E-state index contributed by atoms with van der Waals surface area (Å²) < 4.78 is 22.6. The Labute approximate surface area is 108 Å². The zero-order valence-corrected chi connectivity index (χ0v) is 11.2. The molecule has 2 rings (SSSR count). The van der Waals surface area contributed by atoms with Gasteiger partial charge in [0.25, 0.3) is 0 Å². The minimum atomic E-state index is -3.71. The van der Waals surface area contributed by atoms with Crippen molar-refractivity contribution in [3.8, 4) is 0 Å². The molecule has 5 nitrogen and oxygen atoms in total. The smallest absolute Gasteiger partial charge is 0.238 e. The maximum absolute atomic E-state index is 11.3. The van der Waals surface area contributed by atoms with E-state index in [4.69, 9.17) is 10.9 Å². The fraction of sp³-hybridized carbons (Fsp3) is 0.500. The van der Waals surface area contributed by atoms with Gasteiger partial charge >= 0.3 is 0 Å². The molecular weight excluding hydrogens is 250 g/mol. The number of hydrogen-bond donors (Lipinski definition) is 3. The van der Waals surface area contributed by atoms with E-state index in [2.05, 4.69) is 12.2 Å². The van der Waals surface area contributed by atoms with Crippen molar-refractivity contribution >= 4 is 21.4 Å². The quantitative estimate of drug-likeness (QED) is 0.703. The summed E-state index contributed by atoms with van der Waals surface area (Å²) in [5.74, 6) is 1.39. The predicted molar refractivity (Wildman–Crippen MR) is 72.6 cm³/mol. The molecular formula is C12H19N3O2S. The Balaban J connectivity index is 2.10. The van der Waals surface area contributed by atoms with Gasteiger partial charge in [0, 0.05) is 17.9 Å². The number of nitrogens with two attached hydrogens (primary N) is 2. The Bertz CT molecular complexity index is 538. The lowest BCUT2D eigenvalue weighted by Gasteiger charge is -2.13. The third-order valence-electron chi connectivity index (χ3n) is 3.31. The molecule has 100 valence electrons. The number of nitrogens with one attached hydrogen (secondary N) is 1. The molecule has 0 saturated heterocycles. The Morgan fingerprint density at radius 2 is 2.06 bits per heavy atom. The molecule has 1 aliphatic rings. The first kappa shape index (κ1) is 13.2. The molecule has 1 aromatic rings. The monoisotopic (exact) mass is 269 g/mol. The van der Waals surface area contributed by atoms with Gasteiger partial charge in [-0.05, 0) is 42.9 Å². The zero-order valence-electron chi connectivity index (χ0n) is 10.4. The summed E-state index contributed by atoms with van der Waals surface area (Å²) in [4.78, 5) is 0.0454. The Kier molecular flexibility index (Phi) is 3.49. The predicted octanol–water partition coefficient (Wildman–Crippen LogP) is 1.37. The molecule has 0 radical (unpaired) electrons. The highest BCUT2D eigenvalue weighted by molar-refractivity contribution is 7.89. The SMILES string of the molecule is CC(CNc1cc(N)cc(S(N)(=O)=O)c1)C1CC1. The van der Waals surface area contributed by atoms with E-state index in [-0.39, 0.29) is 4.90 Å². The molecule has 6 heteroatoms. The van der Waals surface area contributed by atoms with Crippen molar-refractivity contribution in [1.29, 1.82) is 0 Å². The molecule has 0 aromatic heterocycles. The van der Waals surface area contributed by atoms with Crippen LogP contribution in [0.3, 0.4) is 0 Å². The van der Waals surface area contributed by atoms with Crippen LogP contribution in [0.1, 0.15) is 19.8 Å². The van der Waals surface area contributed by atoms with Crippen LogP contribution in [0.25, 0.3) is 0 Å². The summed E-state index contributed by atoms with van der Waals surface area (Å²) in [6, 6.07) is 4.60. The molecule has 1 aliphatic carbocycles. The van der Waals surface area contributed by atoms with Crippen LogP contribution in [0.15, 0.2) is 23.1 Å². The fourth-order valence-electron chi connectivity index (χ4n) is 2.00. The lowest BCUT2D eigenvalue weighted by molar-refractivity contribution is 0.536. The van der Waals surface area contributed by atoms with Crippen molar-refractivity contribution in [2.45, 2.75) is 24.7 Å². The fourth-order valence-corrected chi connectivity index (χ4v) is 2.59. The second-order valence-corrected chi connectivity index (χ2v) is 6.59. The zero-order chi connectivity index (χ0) is 13.3. The second kappa shape index (κ2) is 4.78. The number of primary sulfonamides is 1. The van der Waals surface area contributed by atoms with Gasteiger partial charge < -0.3 is 11.1 Å². The van der Waals surface area contributed by atoms with E-state index < -0.39 is 10.0 Å². The normalized spacial score (nSPS) is 17.4. The van der Waals surface area contributed by atoms with E-state index >= 15 is 0 Å². The van der Waals surface area contributed by atoms with Crippen LogP contribution in [-0.4, -0.2) is 15.0 Å². The van der Waals surface area contributed by atoms with Gasteiger partial charge in [0.1, 0.15) is 0 Å². The molecule has 0 amide bonds. The van der Waals surface area contributed by atoms with Gasteiger partial charge in [-0.3, -0.25) is 0 Å². The number of nitrogen functional groups attached to an aromatic ring is 1. The van der Waals surface area contributed by atoms with Crippen LogP contribution >= 0.6 is 0 Å². The number of sulfonamides is 1. The van der Waals surface area contributed by atoms with Crippen LogP contribution in [0.4, 0.5) is 11.4 Å². The van der Waals surface area contributed by atoms with Gasteiger partial charge in [0.2, 0.25) is 10.0 Å². The minimum absolute atomic E-state index is 0.0454. The van der Waals surface area contributed by atoms with Crippen LogP contribution < -0.4 is 16.2 Å². The minimum Gasteiger partial charge on any atom is -0.399 e. The summed E-state index contributed by atoms with van der Waals surface area (Å²) in [6.07, 6.45) is 2.59. The summed E-state index contributed by atoms with van der Waals surface area (Å²) in [5.41, 5.74) is 6.77. The molecule has 0 aliphatic heterocycles. The molecule has 1 unspecified atom stereocenters. The van der Waals surface area contributed by atoms with E-state index in [0.717, 1.165) is 12.5 Å². The molecule has 1 fully saturated rings. The molecule has 0 heterocycles. The lowest BCUT2D eigenvalue weighted by Crippen LogP contribution is -2.15. The second-order valence-electron chi connectivity index (χ2n) is 5.03. The van der Waals surface area contributed by atoms with Crippen molar-refractivity contribution in [3.63, 3.8) is 0 Å². The van der Waals surface area contributed by atoms with Gasteiger partial charge in [-0.25, -0.2) is 13.6 Å². The summed E-state index contributed by atoms with van der Waals surface area (Å²) in [5, 5.41) is 8.32. The highest BCUT2D eigenvalue weighted by atomic mass is 32.2. The molecule has 1 atom stereocenters. The molecule has 18 heavy (non-hydrogen) atoms. The van der Waals surface area contributed by atoms with Crippen molar-refractivity contribution in [1.82, 2.24) is 0 Å². The molecule has 0 spiro atoms. The third-order valence-corrected chi connectivity index (χ3v) is 4.21. The largest absolute Gasteiger partial charge is 0.399 e.